The molecule has 0 saturated carbocycles. The number of pyridine rings is 1. The molecule has 112 valence electrons. The number of aromatic nitrogens is 1. The van der Waals surface area contributed by atoms with Crippen molar-refractivity contribution in [2.45, 2.75) is 51.7 Å². The lowest BCUT2D eigenvalue weighted by molar-refractivity contribution is 0.0953. The Bertz CT molecular complexity index is 442. The van der Waals surface area contributed by atoms with Crippen LogP contribution in [0.15, 0.2) is 6.20 Å². The summed E-state index contributed by atoms with van der Waals surface area (Å²) < 4.78 is 11.2. The van der Waals surface area contributed by atoms with Crippen molar-refractivity contribution >= 4 is 0 Å². The summed E-state index contributed by atoms with van der Waals surface area (Å²) in [5.74, 6) is 0.960. The molecule has 2 rings (SSSR count). The van der Waals surface area contributed by atoms with Gasteiger partial charge in [-0.25, -0.2) is 0 Å². The molecule has 1 saturated heterocycles. The Labute approximate surface area is 121 Å². The van der Waals surface area contributed by atoms with Crippen LogP contribution in [0.5, 0.6) is 5.75 Å². The number of methoxy groups -OCH3 is 1. The molecule has 2 unspecified atom stereocenters. The lowest BCUT2D eigenvalue weighted by Crippen LogP contribution is -2.32. The van der Waals surface area contributed by atoms with Gasteiger partial charge in [0.15, 0.2) is 0 Å². The van der Waals surface area contributed by atoms with Gasteiger partial charge in [0.05, 0.1) is 13.2 Å². The molecule has 1 fully saturated rings. The predicted octanol–water partition coefficient (Wildman–Crippen LogP) is 2.41. The molecule has 0 amide bonds. The van der Waals surface area contributed by atoms with Crippen LogP contribution in [0.4, 0.5) is 0 Å². The van der Waals surface area contributed by atoms with Gasteiger partial charge in [-0.3, -0.25) is 4.98 Å². The van der Waals surface area contributed by atoms with E-state index in [0.717, 1.165) is 42.0 Å². The molecule has 0 radical (unpaired) electrons. The van der Waals surface area contributed by atoms with E-state index in [1.165, 1.54) is 12.8 Å². The fourth-order valence-electron chi connectivity index (χ4n) is 2.96. The average molecular weight is 278 g/mol. The van der Waals surface area contributed by atoms with E-state index in [0.29, 0.717) is 12.1 Å². The first-order chi connectivity index (χ1) is 9.65. The Balaban J connectivity index is 2.06. The Morgan fingerprint density at radius 2 is 2.30 bits per heavy atom. The summed E-state index contributed by atoms with van der Waals surface area (Å²) in [4.78, 5) is 4.59. The first-order valence-electron chi connectivity index (χ1n) is 7.43. The van der Waals surface area contributed by atoms with Gasteiger partial charge in [-0.2, -0.15) is 0 Å². The van der Waals surface area contributed by atoms with Gasteiger partial charge in [0, 0.05) is 42.1 Å². The van der Waals surface area contributed by atoms with Gasteiger partial charge in [0.25, 0.3) is 0 Å². The van der Waals surface area contributed by atoms with Crippen molar-refractivity contribution in [1.82, 2.24) is 10.3 Å². The highest BCUT2D eigenvalue weighted by atomic mass is 16.5. The summed E-state index contributed by atoms with van der Waals surface area (Å²) in [6.07, 6.45) is 6.64. The van der Waals surface area contributed by atoms with Crippen LogP contribution in [0.2, 0.25) is 0 Å². The standard InChI is InChI=1S/C16H26N2O2/c1-11-10-18-15(12(2)16(11)19-4)9-13(17-3)8-14-6-5-7-20-14/h10,13-14,17H,5-9H2,1-4H3. The molecule has 0 aromatic carbocycles. The SMILES string of the molecule is CNC(Cc1ncc(C)c(OC)c1C)CC1CCCO1. The summed E-state index contributed by atoms with van der Waals surface area (Å²) in [5.41, 5.74) is 3.36. The molecule has 2 heterocycles. The van der Waals surface area contributed by atoms with Gasteiger partial charge in [-0.05, 0) is 40.2 Å². The number of nitrogens with zero attached hydrogens (tertiary/aromatic N) is 1. The second kappa shape index (κ2) is 7.04. The van der Waals surface area contributed by atoms with Crippen LogP contribution in [0.1, 0.15) is 36.1 Å². The Morgan fingerprint density at radius 3 is 2.90 bits per heavy atom. The van der Waals surface area contributed by atoms with Crippen LogP contribution in [0.3, 0.4) is 0 Å². The third-order valence-electron chi connectivity index (χ3n) is 4.17. The van der Waals surface area contributed by atoms with E-state index in [-0.39, 0.29) is 0 Å². The monoisotopic (exact) mass is 278 g/mol. The van der Waals surface area contributed by atoms with Crippen LogP contribution in [-0.2, 0) is 11.2 Å². The van der Waals surface area contributed by atoms with E-state index >= 15 is 0 Å². The minimum atomic E-state index is 0.400. The van der Waals surface area contributed by atoms with Crippen molar-refractivity contribution in [2.75, 3.05) is 20.8 Å². The number of hydrogen-bond acceptors (Lipinski definition) is 4. The van der Waals surface area contributed by atoms with Crippen LogP contribution in [0, 0.1) is 13.8 Å². The quantitative estimate of drug-likeness (QED) is 0.868. The van der Waals surface area contributed by atoms with Crippen LogP contribution >= 0.6 is 0 Å². The highest BCUT2D eigenvalue weighted by Gasteiger charge is 2.21. The first kappa shape index (κ1) is 15.3. The van der Waals surface area contributed by atoms with Crippen molar-refractivity contribution < 1.29 is 9.47 Å². The zero-order valence-corrected chi connectivity index (χ0v) is 13.0. The summed E-state index contributed by atoms with van der Waals surface area (Å²) in [7, 11) is 3.74. The maximum Gasteiger partial charge on any atom is 0.128 e. The third kappa shape index (κ3) is 3.49. The molecule has 0 spiro atoms. The molecule has 1 aliphatic rings. The third-order valence-corrected chi connectivity index (χ3v) is 4.17. The second-order valence-electron chi connectivity index (χ2n) is 5.61. The molecule has 4 heteroatoms. The van der Waals surface area contributed by atoms with Gasteiger partial charge in [0.1, 0.15) is 5.75 Å². The minimum Gasteiger partial charge on any atom is -0.496 e. The van der Waals surface area contributed by atoms with Crippen molar-refractivity contribution in [3.05, 3.63) is 23.0 Å². The lowest BCUT2D eigenvalue weighted by Gasteiger charge is -2.21. The van der Waals surface area contributed by atoms with Crippen LogP contribution in [-0.4, -0.2) is 37.9 Å². The van der Waals surface area contributed by atoms with E-state index < -0.39 is 0 Å². The Hall–Kier alpha value is -1.13. The first-order valence-corrected chi connectivity index (χ1v) is 7.43. The number of aryl methyl sites for hydroxylation is 1. The van der Waals surface area contributed by atoms with Gasteiger partial charge < -0.3 is 14.8 Å². The van der Waals surface area contributed by atoms with Gasteiger partial charge >= 0.3 is 0 Å². The summed E-state index contributed by atoms with van der Waals surface area (Å²) in [5, 5.41) is 3.40. The molecule has 0 aliphatic carbocycles. The summed E-state index contributed by atoms with van der Waals surface area (Å²) >= 11 is 0. The van der Waals surface area contributed by atoms with Gasteiger partial charge in [-0.1, -0.05) is 0 Å². The van der Waals surface area contributed by atoms with E-state index in [2.05, 4.69) is 17.2 Å². The average Bonchev–Trinajstić information content (AvgIpc) is 2.94. The molecule has 4 nitrogen and oxygen atoms in total. The number of nitrogens with one attached hydrogen (secondary N) is 1. The molecule has 1 aromatic rings. The lowest BCUT2D eigenvalue weighted by atomic mass is 9.99. The molecule has 2 atom stereocenters. The van der Waals surface area contributed by atoms with E-state index in [1.54, 1.807) is 7.11 Å². The normalized spacial score (nSPS) is 20.1. The van der Waals surface area contributed by atoms with E-state index in [4.69, 9.17) is 9.47 Å². The topological polar surface area (TPSA) is 43.4 Å². The number of hydrogen-bond donors (Lipinski definition) is 1. The molecular formula is C16H26N2O2. The number of likely N-dealkylation sites (N-methyl/N-ethyl adjacent to an activating group) is 1. The van der Waals surface area contributed by atoms with E-state index in [9.17, 15) is 0 Å². The maximum absolute atomic E-state index is 5.73. The van der Waals surface area contributed by atoms with Crippen LogP contribution < -0.4 is 10.1 Å². The zero-order chi connectivity index (χ0) is 14.5. The molecule has 1 N–H and O–H groups in total. The molecular weight excluding hydrogens is 252 g/mol. The molecule has 1 aliphatic heterocycles. The minimum absolute atomic E-state index is 0.400. The zero-order valence-electron chi connectivity index (χ0n) is 13.0. The predicted molar refractivity (Wildman–Crippen MR) is 80.4 cm³/mol. The van der Waals surface area contributed by atoms with Crippen LogP contribution in [0.25, 0.3) is 0 Å². The van der Waals surface area contributed by atoms with Crippen molar-refractivity contribution in [3.63, 3.8) is 0 Å². The number of rotatable bonds is 6. The smallest absolute Gasteiger partial charge is 0.128 e. The van der Waals surface area contributed by atoms with Crippen molar-refractivity contribution in [2.24, 2.45) is 0 Å². The second-order valence-corrected chi connectivity index (χ2v) is 5.61. The Kier molecular flexibility index (Phi) is 5.38. The van der Waals surface area contributed by atoms with Gasteiger partial charge in [0.2, 0.25) is 0 Å². The highest BCUT2D eigenvalue weighted by molar-refractivity contribution is 5.41. The summed E-state index contributed by atoms with van der Waals surface area (Å²) in [6.45, 7) is 5.04. The highest BCUT2D eigenvalue weighted by Crippen LogP contribution is 2.26. The van der Waals surface area contributed by atoms with Crippen molar-refractivity contribution in [3.8, 4) is 5.75 Å². The molecule has 0 bridgehead atoms. The fraction of sp³-hybridized carbons (Fsp3) is 0.688. The fourth-order valence-corrected chi connectivity index (χ4v) is 2.96. The number of ether oxygens (including phenoxy) is 2. The largest absolute Gasteiger partial charge is 0.496 e. The molecule has 1 aromatic heterocycles. The van der Waals surface area contributed by atoms with E-state index in [1.807, 2.05) is 20.2 Å². The summed E-state index contributed by atoms with van der Waals surface area (Å²) in [6, 6.07) is 0.400. The van der Waals surface area contributed by atoms with Crippen molar-refractivity contribution in [1.29, 1.82) is 0 Å². The maximum atomic E-state index is 5.73. The molecule has 20 heavy (non-hydrogen) atoms. The van der Waals surface area contributed by atoms with Gasteiger partial charge in [-0.15, -0.1) is 0 Å². The Morgan fingerprint density at radius 1 is 1.50 bits per heavy atom.